The Bertz CT molecular complexity index is 1190. The zero-order valence-electron chi connectivity index (χ0n) is 21.4. The summed E-state index contributed by atoms with van der Waals surface area (Å²) in [5.74, 6) is 1.17. The molecule has 3 aromatic carbocycles. The number of carbonyl (C=O) groups is 2. The van der Waals surface area contributed by atoms with E-state index in [0.29, 0.717) is 47.2 Å². The van der Waals surface area contributed by atoms with Gasteiger partial charge in [0.1, 0.15) is 11.5 Å². The molecular weight excluding hydrogens is 472 g/mol. The van der Waals surface area contributed by atoms with Crippen molar-refractivity contribution in [3.63, 3.8) is 0 Å². The van der Waals surface area contributed by atoms with Crippen molar-refractivity contribution in [2.24, 2.45) is 5.10 Å². The van der Waals surface area contributed by atoms with Crippen LogP contribution in [-0.4, -0.2) is 38.4 Å². The van der Waals surface area contributed by atoms with Gasteiger partial charge in [-0.3, -0.25) is 4.79 Å². The molecular formula is C29H32N2O6. The Balaban J connectivity index is 1.57. The molecule has 0 heterocycles. The van der Waals surface area contributed by atoms with Gasteiger partial charge in [0.05, 0.1) is 32.1 Å². The first-order valence-electron chi connectivity index (χ1n) is 12.2. The molecule has 3 aromatic rings. The molecule has 0 saturated carbocycles. The summed E-state index contributed by atoms with van der Waals surface area (Å²) in [5, 5.41) is 4.01. The second kappa shape index (κ2) is 14.3. The smallest absolute Gasteiger partial charge is 0.343 e. The summed E-state index contributed by atoms with van der Waals surface area (Å²) in [4.78, 5) is 24.9. The molecule has 0 saturated heterocycles. The fourth-order valence-corrected chi connectivity index (χ4v) is 3.18. The fourth-order valence-electron chi connectivity index (χ4n) is 3.18. The molecule has 1 amide bonds. The predicted molar refractivity (Wildman–Crippen MR) is 142 cm³/mol. The van der Waals surface area contributed by atoms with Crippen molar-refractivity contribution >= 4 is 18.1 Å². The van der Waals surface area contributed by atoms with E-state index in [1.807, 2.05) is 6.92 Å². The van der Waals surface area contributed by atoms with E-state index in [9.17, 15) is 9.59 Å². The summed E-state index contributed by atoms with van der Waals surface area (Å²) >= 11 is 0. The first-order valence-corrected chi connectivity index (χ1v) is 12.2. The summed E-state index contributed by atoms with van der Waals surface area (Å²) in [6, 6.07) is 18.6. The molecule has 0 spiro atoms. The molecule has 1 N–H and O–H groups in total. The maximum Gasteiger partial charge on any atom is 0.343 e. The molecule has 8 heteroatoms. The normalized spacial score (nSPS) is 10.7. The van der Waals surface area contributed by atoms with Gasteiger partial charge in [-0.2, -0.15) is 5.10 Å². The molecule has 0 atom stereocenters. The highest BCUT2D eigenvalue weighted by molar-refractivity contribution is 5.95. The van der Waals surface area contributed by atoms with E-state index in [1.165, 1.54) is 13.3 Å². The maximum absolute atomic E-state index is 12.6. The number of rotatable bonds is 13. The minimum Gasteiger partial charge on any atom is -0.494 e. The summed E-state index contributed by atoms with van der Waals surface area (Å²) in [7, 11) is 1.48. The molecule has 37 heavy (non-hydrogen) atoms. The number of carbonyl (C=O) groups excluding carboxylic acids is 2. The van der Waals surface area contributed by atoms with Gasteiger partial charge in [0, 0.05) is 5.56 Å². The summed E-state index contributed by atoms with van der Waals surface area (Å²) in [6.07, 6.45) is 4.41. The molecule has 0 aliphatic carbocycles. The number of hydrogen-bond acceptors (Lipinski definition) is 7. The maximum atomic E-state index is 12.6. The lowest BCUT2D eigenvalue weighted by Gasteiger charge is -2.10. The third-order valence-corrected chi connectivity index (χ3v) is 5.22. The number of hydrogen-bond donors (Lipinski definition) is 1. The van der Waals surface area contributed by atoms with Crippen LogP contribution in [0, 0.1) is 0 Å². The van der Waals surface area contributed by atoms with Gasteiger partial charge in [-0.25, -0.2) is 10.2 Å². The van der Waals surface area contributed by atoms with Crippen molar-refractivity contribution in [3.8, 4) is 23.0 Å². The van der Waals surface area contributed by atoms with Gasteiger partial charge in [0.2, 0.25) is 0 Å². The van der Waals surface area contributed by atoms with Gasteiger partial charge < -0.3 is 18.9 Å². The van der Waals surface area contributed by atoms with Crippen LogP contribution in [-0.2, 0) is 0 Å². The topological polar surface area (TPSA) is 95.5 Å². The SMILES string of the molecule is CCCCOc1ccc(C(=O)Oc2ccc(C=NNC(=O)c3ccc(OCCC)cc3)cc2OC)cc1. The number of nitrogens with zero attached hydrogens (tertiary/aromatic N) is 1. The van der Waals surface area contributed by atoms with E-state index in [4.69, 9.17) is 18.9 Å². The third-order valence-electron chi connectivity index (χ3n) is 5.22. The van der Waals surface area contributed by atoms with Crippen molar-refractivity contribution in [1.29, 1.82) is 0 Å². The molecule has 0 aliphatic heterocycles. The molecule has 3 rings (SSSR count). The van der Waals surface area contributed by atoms with Crippen LogP contribution in [0.2, 0.25) is 0 Å². The second-order valence-electron chi connectivity index (χ2n) is 8.10. The Hall–Kier alpha value is -4.33. The monoisotopic (exact) mass is 504 g/mol. The largest absolute Gasteiger partial charge is 0.494 e. The molecule has 0 fully saturated rings. The predicted octanol–water partition coefficient (Wildman–Crippen LogP) is 5.65. The highest BCUT2D eigenvalue weighted by Crippen LogP contribution is 2.28. The van der Waals surface area contributed by atoms with Gasteiger partial charge in [0.15, 0.2) is 11.5 Å². The van der Waals surface area contributed by atoms with E-state index in [1.54, 1.807) is 66.7 Å². The fraction of sp³-hybridized carbons (Fsp3) is 0.276. The van der Waals surface area contributed by atoms with Crippen LogP contribution in [0.25, 0.3) is 0 Å². The van der Waals surface area contributed by atoms with Crippen LogP contribution in [0.5, 0.6) is 23.0 Å². The standard InChI is InChI=1S/C29H32N2O6/c1-4-6-18-36-25-14-10-23(11-15-25)29(33)37-26-16-7-21(19-27(26)34-3)20-30-31-28(32)22-8-12-24(13-9-22)35-17-5-2/h7-16,19-20H,4-6,17-18H2,1-3H3,(H,31,32). The number of benzene rings is 3. The quantitative estimate of drug-likeness (QED) is 0.106. The molecule has 194 valence electrons. The van der Waals surface area contributed by atoms with Crippen LogP contribution in [0.3, 0.4) is 0 Å². The first-order chi connectivity index (χ1) is 18.0. The average Bonchev–Trinajstić information content (AvgIpc) is 2.93. The van der Waals surface area contributed by atoms with Gasteiger partial charge >= 0.3 is 5.97 Å². The number of nitrogens with one attached hydrogen (secondary N) is 1. The minimum absolute atomic E-state index is 0.266. The Labute approximate surface area is 217 Å². The number of esters is 1. The van der Waals surface area contributed by atoms with Crippen LogP contribution < -0.4 is 24.4 Å². The lowest BCUT2D eigenvalue weighted by molar-refractivity contribution is 0.0729. The average molecular weight is 505 g/mol. The molecule has 8 nitrogen and oxygen atoms in total. The van der Waals surface area contributed by atoms with Crippen molar-refractivity contribution in [2.45, 2.75) is 33.1 Å². The lowest BCUT2D eigenvalue weighted by Crippen LogP contribution is -2.17. The van der Waals surface area contributed by atoms with Gasteiger partial charge in [-0.05, 0) is 85.1 Å². The van der Waals surface area contributed by atoms with Crippen molar-refractivity contribution in [2.75, 3.05) is 20.3 Å². The number of ether oxygens (including phenoxy) is 4. The third kappa shape index (κ3) is 8.38. The van der Waals surface area contributed by atoms with Crippen LogP contribution in [0.1, 0.15) is 59.4 Å². The van der Waals surface area contributed by atoms with Crippen molar-refractivity contribution in [3.05, 3.63) is 83.4 Å². The Morgan fingerprint density at radius 1 is 0.811 bits per heavy atom. The molecule has 0 aromatic heterocycles. The van der Waals surface area contributed by atoms with Gasteiger partial charge in [-0.1, -0.05) is 20.3 Å². The summed E-state index contributed by atoms with van der Waals surface area (Å²) in [5.41, 5.74) is 3.99. The van der Waals surface area contributed by atoms with E-state index >= 15 is 0 Å². The molecule has 0 unspecified atom stereocenters. The number of amides is 1. The number of methoxy groups -OCH3 is 1. The van der Waals surface area contributed by atoms with Crippen LogP contribution in [0.4, 0.5) is 0 Å². The zero-order chi connectivity index (χ0) is 26.5. The molecule has 0 radical (unpaired) electrons. The van der Waals surface area contributed by atoms with Crippen molar-refractivity contribution < 1.29 is 28.5 Å². The van der Waals surface area contributed by atoms with Gasteiger partial charge in [0.25, 0.3) is 5.91 Å². The van der Waals surface area contributed by atoms with Gasteiger partial charge in [-0.15, -0.1) is 0 Å². The highest BCUT2D eigenvalue weighted by atomic mass is 16.6. The van der Waals surface area contributed by atoms with E-state index in [2.05, 4.69) is 17.5 Å². The zero-order valence-corrected chi connectivity index (χ0v) is 21.4. The van der Waals surface area contributed by atoms with Crippen LogP contribution >= 0.6 is 0 Å². The van der Waals surface area contributed by atoms with Crippen molar-refractivity contribution in [1.82, 2.24) is 5.43 Å². The van der Waals surface area contributed by atoms with E-state index < -0.39 is 5.97 Å². The summed E-state index contributed by atoms with van der Waals surface area (Å²) < 4.78 is 22.0. The Morgan fingerprint density at radius 3 is 2.08 bits per heavy atom. The first kappa shape index (κ1) is 27.3. The Morgan fingerprint density at radius 2 is 1.46 bits per heavy atom. The highest BCUT2D eigenvalue weighted by Gasteiger charge is 2.13. The van der Waals surface area contributed by atoms with E-state index in [0.717, 1.165) is 19.3 Å². The molecule has 0 aliphatic rings. The van der Waals surface area contributed by atoms with E-state index in [-0.39, 0.29) is 11.7 Å². The Kier molecular flexibility index (Phi) is 10.5. The van der Waals surface area contributed by atoms with Crippen LogP contribution in [0.15, 0.2) is 71.8 Å². The lowest BCUT2D eigenvalue weighted by atomic mass is 10.2. The second-order valence-corrected chi connectivity index (χ2v) is 8.10. The minimum atomic E-state index is -0.516. The number of hydrazone groups is 1. The molecule has 0 bridgehead atoms. The number of unbranched alkanes of at least 4 members (excludes halogenated alkanes) is 1. The summed E-state index contributed by atoms with van der Waals surface area (Å²) in [6.45, 7) is 5.39.